The largest absolute Gasteiger partial charge is 0.479 e. The zero-order valence-electron chi connectivity index (χ0n) is 10.8. The van der Waals surface area contributed by atoms with Gasteiger partial charge in [-0.25, -0.2) is 4.79 Å². The number of allylic oxidation sites excluding steroid dienone is 2. The molecule has 1 amide bonds. The Balaban J connectivity index is 2.12. The molecule has 0 spiro atoms. The quantitative estimate of drug-likeness (QED) is 0.815. The van der Waals surface area contributed by atoms with Gasteiger partial charge in [0.05, 0.1) is 0 Å². The summed E-state index contributed by atoms with van der Waals surface area (Å²) in [7, 11) is 0. The van der Waals surface area contributed by atoms with E-state index < -0.39 is 12.0 Å². The Kier molecular flexibility index (Phi) is 4.00. The predicted octanol–water partition coefficient (Wildman–Crippen LogP) is 2.20. The first-order valence-corrected chi connectivity index (χ1v) is 6.32. The number of benzene rings is 1. The number of aliphatic carboxylic acids is 1. The molecule has 1 aliphatic rings. The molecule has 0 bridgehead atoms. The van der Waals surface area contributed by atoms with Crippen LogP contribution in [-0.2, 0) is 9.59 Å². The summed E-state index contributed by atoms with van der Waals surface area (Å²) in [5.41, 5.74) is 1.58. The van der Waals surface area contributed by atoms with Gasteiger partial charge >= 0.3 is 5.97 Å². The van der Waals surface area contributed by atoms with Crippen LogP contribution >= 0.6 is 0 Å². The van der Waals surface area contributed by atoms with Gasteiger partial charge in [-0.15, -0.1) is 0 Å². The molecule has 4 nitrogen and oxygen atoms in total. The van der Waals surface area contributed by atoms with E-state index in [1.54, 1.807) is 18.2 Å². The molecule has 2 rings (SSSR count). The molecular weight excluding hydrogens is 242 g/mol. The highest BCUT2D eigenvalue weighted by Crippen LogP contribution is 2.21. The van der Waals surface area contributed by atoms with Gasteiger partial charge in [0, 0.05) is 5.92 Å². The average Bonchev–Trinajstić information content (AvgIpc) is 2.89. The fourth-order valence-electron chi connectivity index (χ4n) is 2.23. The van der Waals surface area contributed by atoms with Gasteiger partial charge < -0.3 is 10.4 Å². The van der Waals surface area contributed by atoms with Crippen LogP contribution < -0.4 is 5.32 Å². The van der Waals surface area contributed by atoms with Gasteiger partial charge in [0.2, 0.25) is 5.91 Å². The standard InChI is InChI=1S/C15H17NO3/c1-10-5-4-8-12(9-10)13(15(18)19)16-14(17)11-6-2-3-7-11/h2-5,8-9,11,13H,6-7H2,1H3,(H,16,17)(H,18,19). The highest BCUT2D eigenvalue weighted by atomic mass is 16.4. The monoisotopic (exact) mass is 259 g/mol. The summed E-state index contributed by atoms with van der Waals surface area (Å²) < 4.78 is 0. The summed E-state index contributed by atoms with van der Waals surface area (Å²) in [6.45, 7) is 1.89. The number of hydrogen-bond donors (Lipinski definition) is 2. The number of aryl methyl sites for hydroxylation is 1. The van der Waals surface area contributed by atoms with Crippen LogP contribution in [0.15, 0.2) is 36.4 Å². The van der Waals surface area contributed by atoms with E-state index in [0.29, 0.717) is 18.4 Å². The minimum atomic E-state index is -1.04. The van der Waals surface area contributed by atoms with E-state index in [0.717, 1.165) is 5.56 Å². The fraction of sp³-hybridized carbons (Fsp3) is 0.333. The van der Waals surface area contributed by atoms with Crippen molar-refractivity contribution in [1.29, 1.82) is 0 Å². The van der Waals surface area contributed by atoms with Crippen LogP contribution in [0.2, 0.25) is 0 Å². The summed E-state index contributed by atoms with van der Waals surface area (Å²) in [5.74, 6) is -1.37. The van der Waals surface area contributed by atoms with Crippen LogP contribution in [0.25, 0.3) is 0 Å². The Bertz CT molecular complexity index is 514. The van der Waals surface area contributed by atoms with Crippen LogP contribution in [0.5, 0.6) is 0 Å². The fourth-order valence-corrected chi connectivity index (χ4v) is 2.23. The Hall–Kier alpha value is -2.10. The molecular formula is C15H17NO3. The number of carbonyl (C=O) groups excluding carboxylic acids is 1. The molecule has 2 N–H and O–H groups in total. The molecule has 1 unspecified atom stereocenters. The van der Waals surface area contributed by atoms with E-state index in [1.165, 1.54) is 0 Å². The van der Waals surface area contributed by atoms with E-state index in [2.05, 4.69) is 5.32 Å². The molecule has 1 aromatic carbocycles. The number of carboxylic acids is 1. The van der Waals surface area contributed by atoms with Crippen molar-refractivity contribution < 1.29 is 14.7 Å². The highest BCUT2D eigenvalue weighted by Gasteiger charge is 2.26. The second kappa shape index (κ2) is 5.69. The number of carboxylic acid groups (broad SMARTS) is 1. The summed E-state index contributed by atoms with van der Waals surface area (Å²) in [6, 6.07) is 6.22. The summed E-state index contributed by atoms with van der Waals surface area (Å²) in [6.07, 6.45) is 5.28. The van der Waals surface area contributed by atoms with Crippen molar-refractivity contribution in [2.24, 2.45) is 5.92 Å². The lowest BCUT2D eigenvalue weighted by Gasteiger charge is -2.18. The number of hydrogen-bond acceptors (Lipinski definition) is 2. The van der Waals surface area contributed by atoms with E-state index in [-0.39, 0.29) is 11.8 Å². The zero-order chi connectivity index (χ0) is 13.8. The lowest BCUT2D eigenvalue weighted by Crippen LogP contribution is -2.37. The third-order valence-electron chi connectivity index (χ3n) is 3.29. The Labute approximate surface area is 112 Å². The molecule has 0 heterocycles. The van der Waals surface area contributed by atoms with Crippen LogP contribution in [0.3, 0.4) is 0 Å². The molecule has 19 heavy (non-hydrogen) atoms. The van der Waals surface area contributed by atoms with Crippen LogP contribution in [0.1, 0.15) is 30.0 Å². The normalized spacial score (nSPS) is 16.3. The lowest BCUT2D eigenvalue weighted by molar-refractivity contribution is -0.142. The maximum absolute atomic E-state index is 12.0. The average molecular weight is 259 g/mol. The first-order chi connectivity index (χ1) is 9.08. The second-order valence-electron chi connectivity index (χ2n) is 4.83. The summed E-state index contributed by atoms with van der Waals surface area (Å²) in [4.78, 5) is 23.3. The van der Waals surface area contributed by atoms with Crippen molar-refractivity contribution in [1.82, 2.24) is 5.32 Å². The minimum Gasteiger partial charge on any atom is -0.479 e. The summed E-state index contributed by atoms with van der Waals surface area (Å²) in [5, 5.41) is 11.9. The Morgan fingerprint density at radius 3 is 2.58 bits per heavy atom. The van der Waals surface area contributed by atoms with Gasteiger partial charge in [0.25, 0.3) is 0 Å². The Morgan fingerprint density at radius 2 is 2.00 bits per heavy atom. The van der Waals surface area contributed by atoms with Crippen molar-refractivity contribution in [2.45, 2.75) is 25.8 Å². The molecule has 0 saturated heterocycles. The van der Waals surface area contributed by atoms with Crippen LogP contribution in [-0.4, -0.2) is 17.0 Å². The number of nitrogens with one attached hydrogen (secondary N) is 1. The maximum Gasteiger partial charge on any atom is 0.330 e. The van der Waals surface area contributed by atoms with Crippen molar-refractivity contribution >= 4 is 11.9 Å². The molecule has 4 heteroatoms. The van der Waals surface area contributed by atoms with Crippen molar-refractivity contribution in [3.05, 3.63) is 47.5 Å². The molecule has 0 fully saturated rings. The van der Waals surface area contributed by atoms with E-state index in [4.69, 9.17) is 0 Å². The van der Waals surface area contributed by atoms with Crippen LogP contribution in [0, 0.1) is 12.8 Å². The van der Waals surface area contributed by atoms with Gasteiger partial charge in [0.15, 0.2) is 6.04 Å². The number of carbonyl (C=O) groups is 2. The van der Waals surface area contributed by atoms with Crippen molar-refractivity contribution in [2.75, 3.05) is 0 Å². The molecule has 0 aliphatic heterocycles. The van der Waals surface area contributed by atoms with E-state index in [9.17, 15) is 14.7 Å². The van der Waals surface area contributed by atoms with Crippen molar-refractivity contribution in [3.63, 3.8) is 0 Å². The van der Waals surface area contributed by atoms with Crippen molar-refractivity contribution in [3.8, 4) is 0 Å². The Morgan fingerprint density at radius 1 is 1.32 bits per heavy atom. The third kappa shape index (κ3) is 3.22. The minimum absolute atomic E-state index is 0.133. The SMILES string of the molecule is Cc1cccc(C(NC(=O)C2CC=CC2)C(=O)O)c1. The number of rotatable bonds is 4. The van der Waals surface area contributed by atoms with Gasteiger partial charge in [-0.3, -0.25) is 4.79 Å². The maximum atomic E-state index is 12.0. The molecule has 100 valence electrons. The first-order valence-electron chi connectivity index (χ1n) is 6.32. The third-order valence-corrected chi connectivity index (χ3v) is 3.29. The molecule has 0 saturated carbocycles. The predicted molar refractivity (Wildman–Crippen MR) is 71.6 cm³/mol. The van der Waals surface area contributed by atoms with Gasteiger partial charge in [-0.05, 0) is 25.3 Å². The lowest BCUT2D eigenvalue weighted by atomic mass is 10.0. The van der Waals surface area contributed by atoms with Gasteiger partial charge in [0.1, 0.15) is 0 Å². The molecule has 1 aliphatic carbocycles. The van der Waals surface area contributed by atoms with E-state index in [1.807, 2.05) is 25.1 Å². The van der Waals surface area contributed by atoms with Gasteiger partial charge in [-0.2, -0.15) is 0 Å². The first kappa shape index (κ1) is 13.3. The molecule has 0 radical (unpaired) electrons. The topological polar surface area (TPSA) is 66.4 Å². The molecule has 0 aromatic heterocycles. The number of amides is 1. The van der Waals surface area contributed by atoms with E-state index >= 15 is 0 Å². The zero-order valence-corrected chi connectivity index (χ0v) is 10.8. The highest BCUT2D eigenvalue weighted by molar-refractivity contribution is 5.86. The van der Waals surface area contributed by atoms with Gasteiger partial charge in [-0.1, -0.05) is 42.0 Å². The van der Waals surface area contributed by atoms with Crippen LogP contribution in [0.4, 0.5) is 0 Å². The molecule has 1 aromatic rings. The molecule has 1 atom stereocenters. The summed E-state index contributed by atoms with van der Waals surface area (Å²) >= 11 is 0. The second-order valence-corrected chi connectivity index (χ2v) is 4.83. The smallest absolute Gasteiger partial charge is 0.330 e.